The summed E-state index contributed by atoms with van der Waals surface area (Å²) >= 11 is 0. The van der Waals surface area contributed by atoms with Gasteiger partial charge in [-0.05, 0) is 25.5 Å². The van der Waals surface area contributed by atoms with Crippen molar-refractivity contribution in [3.8, 4) is 5.75 Å². The van der Waals surface area contributed by atoms with Crippen LogP contribution in [0.2, 0.25) is 0 Å². The Hall–Kier alpha value is -2.09. The Labute approximate surface area is 137 Å². The van der Waals surface area contributed by atoms with Gasteiger partial charge < -0.3 is 14.7 Å². The van der Waals surface area contributed by atoms with Crippen molar-refractivity contribution < 1.29 is 27.8 Å². The summed E-state index contributed by atoms with van der Waals surface area (Å²) in [5.41, 5.74) is -2.48. The minimum atomic E-state index is -4.82. The Morgan fingerprint density at radius 3 is 2.62 bits per heavy atom. The third-order valence-corrected chi connectivity index (χ3v) is 4.03. The van der Waals surface area contributed by atoms with Crippen molar-refractivity contribution in [3.05, 3.63) is 23.3 Å². The molecule has 1 aliphatic heterocycles. The Bertz CT molecular complexity index is 673. The molecule has 0 radical (unpaired) electrons. The third kappa shape index (κ3) is 3.24. The molecule has 1 aliphatic rings. The highest BCUT2D eigenvalue weighted by atomic mass is 19.4. The molecule has 132 valence electrons. The summed E-state index contributed by atoms with van der Waals surface area (Å²) in [5.74, 6) is -1.25. The monoisotopic (exact) mass is 344 g/mol. The first-order valence-corrected chi connectivity index (χ1v) is 7.41. The molecule has 0 aromatic heterocycles. The number of aliphatic imine (C=N–C) groups is 1. The highest BCUT2D eigenvalue weighted by Crippen LogP contribution is 2.51. The molecule has 1 unspecified atom stereocenters. The van der Waals surface area contributed by atoms with Crippen LogP contribution in [0.15, 0.2) is 17.1 Å². The van der Waals surface area contributed by atoms with Crippen LogP contribution in [0, 0.1) is 6.92 Å². The fraction of sp³-hybridized carbons (Fsp3) is 0.500. The summed E-state index contributed by atoms with van der Waals surface area (Å²) in [6, 6.07) is 2.34. The number of halogens is 3. The smallest absolute Gasteiger partial charge is 0.422 e. The molecule has 5 nitrogen and oxygen atoms in total. The molecule has 0 spiro atoms. The normalized spacial score (nSPS) is 21.7. The number of aromatic hydroxyl groups is 1. The van der Waals surface area contributed by atoms with E-state index in [4.69, 9.17) is 4.74 Å². The maximum Gasteiger partial charge on any atom is 0.422 e. The molecule has 1 saturated heterocycles. The summed E-state index contributed by atoms with van der Waals surface area (Å²) in [7, 11) is 1.80. The van der Waals surface area contributed by atoms with E-state index >= 15 is 0 Å². The van der Waals surface area contributed by atoms with Crippen LogP contribution in [-0.2, 0) is 15.1 Å². The topological polar surface area (TPSA) is 62.1 Å². The minimum Gasteiger partial charge on any atom is -0.507 e. The first-order chi connectivity index (χ1) is 11.1. The Kier molecular flexibility index (Phi) is 4.89. The van der Waals surface area contributed by atoms with Crippen molar-refractivity contribution in [3.63, 3.8) is 0 Å². The highest BCUT2D eigenvalue weighted by molar-refractivity contribution is 5.83. The molecule has 0 bridgehead atoms. The van der Waals surface area contributed by atoms with Gasteiger partial charge in [0.15, 0.2) is 11.4 Å². The number of carbonyl (C=O) groups excluding carboxylic acids is 1. The van der Waals surface area contributed by atoms with Crippen LogP contribution in [-0.4, -0.2) is 48.5 Å². The van der Waals surface area contributed by atoms with Crippen LogP contribution in [0.25, 0.3) is 0 Å². The van der Waals surface area contributed by atoms with E-state index in [0.717, 1.165) is 6.07 Å². The molecule has 1 aromatic rings. The number of Topliss-reactive ketones (excluding diaryl/α,β-unsaturated/α-hetero) is 1. The molecular weight excluding hydrogens is 325 g/mol. The lowest BCUT2D eigenvalue weighted by Crippen LogP contribution is -2.42. The fourth-order valence-electron chi connectivity index (χ4n) is 2.48. The number of phenolic OH excluding ortho intramolecular Hbond substituents is 1. The van der Waals surface area contributed by atoms with Gasteiger partial charge in [-0.25, -0.2) is 4.99 Å². The first-order valence-electron chi connectivity index (χ1n) is 7.41. The van der Waals surface area contributed by atoms with Crippen LogP contribution in [0.5, 0.6) is 5.75 Å². The van der Waals surface area contributed by atoms with Crippen LogP contribution < -0.4 is 0 Å². The van der Waals surface area contributed by atoms with Crippen molar-refractivity contribution in [2.24, 2.45) is 4.99 Å². The zero-order chi connectivity index (χ0) is 18.1. The second kappa shape index (κ2) is 6.43. The largest absolute Gasteiger partial charge is 0.507 e. The van der Waals surface area contributed by atoms with Crippen molar-refractivity contribution in [1.82, 2.24) is 4.90 Å². The lowest BCUT2D eigenvalue weighted by molar-refractivity contribution is -0.269. The van der Waals surface area contributed by atoms with Gasteiger partial charge in [0.1, 0.15) is 12.4 Å². The molecule has 0 saturated carbocycles. The number of rotatable bonds is 4. The van der Waals surface area contributed by atoms with E-state index in [-0.39, 0.29) is 0 Å². The summed E-state index contributed by atoms with van der Waals surface area (Å²) in [4.78, 5) is 17.4. The number of hydrogen-bond acceptors (Lipinski definition) is 4. The third-order valence-electron chi connectivity index (χ3n) is 4.03. The summed E-state index contributed by atoms with van der Waals surface area (Å²) in [6.45, 7) is 3.59. The molecule has 1 heterocycles. The van der Waals surface area contributed by atoms with Gasteiger partial charge in [-0.2, -0.15) is 13.2 Å². The lowest BCUT2D eigenvalue weighted by atomic mass is 9.87. The van der Waals surface area contributed by atoms with Gasteiger partial charge in [-0.3, -0.25) is 4.79 Å². The van der Waals surface area contributed by atoms with Gasteiger partial charge in [-0.15, -0.1) is 0 Å². The molecule has 1 aromatic carbocycles. The number of hydrogen-bond donors (Lipinski definition) is 1. The van der Waals surface area contributed by atoms with Crippen LogP contribution >= 0.6 is 0 Å². The predicted molar refractivity (Wildman–Crippen MR) is 82.6 cm³/mol. The van der Waals surface area contributed by atoms with Crippen molar-refractivity contribution in [1.29, 1.82) is 0 Å². The second-order valence-corrected chi connectivity index (χ2v) is 5.80. The Morgan fingerprint density at radius 2 is 2.12 bits per heavy atom. The summed E-state index contributed by atoms with van der Waals surface area (Å²) < 4.78 is 45.5. The van der Waals surface area contributed by atoms with Crippen LogP contribution in [0.1, 0.15) is 24.5 Å². The van der Waals surface area contributed by atoms with Crippen molar-refractivity contribution in [2.75, 3.05) is 20.2 Å². The zero-order valence-corrected chi connectivity index (χ0v) is 13.6. The number of ketones is 1. The Morgan fingerprint density at radius 1 is 1.46 bits per heavy atom. The SMILES string of the molecule is CCN(C)/C=N/c1cc(O)c(C2(C(F)(F)F)CC(=O)CO2)cc1C. The second-order valence-electron chi connectivity index (χ2n) is 5.80. The fourth-order valence-corrected chi connectivity index (χ4v) is 2.48. The standard InChI is InChI=1S/C16H19F3N2O3/c1-4-21(3)9-20-13-6-14(23)12(5-10(13)2)15(16(17,18)19)7-11(22)8-24-15/h5-6,9,23H,4,7-8H2,1-3H3/b20-9+. The van der Waals surface area contributed by atoms with Gasteiger partial charge in [0, 0.05) is 25.2 Å². The quantitative estimate of drug-likeness (QED) is 0.674. The van der Waals surface area contributed by atoms with E-state index in [9.17, 15) is 23.1 Å². The molecule has 1 fully saturated rings. The minimum absolute atomic E-state index is 0.346. The molecule has 2 rings (SSSR count). The lowest BCUT2D eigenvalue weighted by Gasteiger charge is -2.31. The zero-order valence-electron chi connectivity index (χ0n) is 13.6. The highest BCUT2D eigenvalue weighted by Gasteiger charge is 2.62. The molecule has 8 heteroatoms. The van der Waals surface area contributed by atoms with Crippen LogP contribution in [0.3, 0.4) is 0 Å². The van der Waals surface area contributed by atoms with Gasteiger partial charge in [0.25, 0.3) is 0 Å². The van der Waals surface area contributed by atoms with Crippen molar-refractivity contribution >= 4 is 17.8 Å². The van der Waals surface area contributed by atoms with E-state index in [1.807, 2.05) is 6.92 Å². The first kappa shape index (κ1) is 18.3. The molecule has 0 aliphatic carbocycles. The number of phenols is 1. The maximum atomic E-state index is 13.6. The number of aryl methyl sites for hydroxylation is 1. The van der Waals surface area contributed by atoms with Gasteiger partial charge in [-0.1, -0.05) is 0 Å². The Balaban J connectivity index is 2.50. The van der Waals surface area contributed by atoms with E-state index in [1.54, 1.807) is 18.9 Å². The molecule has 24 heavy (non-hydrogen) atoms. The summed E-state index contributed by atoms with van der Waals surface area (Å²) in [5, 5.41) is 10.1. The molecule has 1 N–H and O–H groups in total. The van der Waals surface area contributed by atoms with E-state index in [0.29, 0.717) is 17.8 Å². The average molecular weight is 344 g/mol. The average Bonchev–Trinajstić information content (AvgIpc) is 2.90. The molecule has 1 atom stereocenters. The van der Waals surface area contributed by atoms with Gasteiger partial charge >= 0.3 is 6.18 Å². The van der Waals surface area contributed by atoms with Gasteiger partial charge in [0.2, 0.25) is 0 Å². The van der Waals surface area contributed by atoms with E-state index in [1.165, 1.54) is 12.4 Å². The molecule has 0 amide bonds. The predicted octanol–water partition coefficient (Wildman–Crippen LogP) is 3.06. The van der Waals surface area contributed by atoms with Gasteiger partial charge in [0.05, 0.1) is 18.4 Å². The number of nitrogens with zero attached hydrogens (tertiary/aromatic N) is 2. The van der Waals surface area contributed by atoms with E-state index < -0.39 is 41.9 Å². The number of ether oxygens (including phenoxy) is 1. The maximum absolute atomic E-state index is 13.6. The molecular formula is C16H19F3N2O3. The van der Waals surface area contributed by atoms with Crippen LogP contribution in [0.4, 0.5) is 18.9 Å². The number of alkyl halides is 3. The van der Waals surface area contributed by atoms with E-state index in [2.05, 4.69) is 4.99 Å². The number of benzene rings is 1. The van der Waals surface area contributed by atoms with Crippen molar-refractivity contribution in [2.45, 2.75) is 32.0 Å². The number of carbonyl (C=O) groups is 1. The summed E-state index contributed by atoms with van der Waals surface area (Å²) in [6.07, 6.45) is -4.14.